The molecule has 0 fully saturated rings. The van der Waals surface area contributed by atoms with Gasteiger partial charge in [-0.05, 0) is 36.5 Å². The second kappa shape index (κ2) is 8.60. The first-order chi connectivity index (χ1) is 10.7. The molecule has 1 amide bonds. The number of carbonyl (C=O) groups is 1. The molecule has 0 radical (unpaired) electrons. The third-order valence-corrected chi connectivity index (χ3v) is 4.02. The molecule has 0 aliphatic carbocycles. The van der Waals surface area contributed by atoms with Crippen molar-refractivity contribution in [2.75, 3.05) is 26.7 Å². The van der Waals surface area contributed by atoms with E-state index in [0.29, 0.717) is 11.7 Å². The van der Waals surface area contributed by atoms with Crippen LogP contribution in [0, 0.1) is 0 Å². The van der Waals surface area contributed by atoms with Crippen LogP contribution in [0.2, 0.25) is 0 Å². The Hall–Kier alpha value is -1.79. The Balaban J connectivity index is 1.84. The van der Waals surface area contributed by atoms with Crippen LogP contribution in [0.25, 0.3) is 6.08 Å². The van der Waals surface area contributed by atoms with Crippen molar-refractivity contribution in [1.29, 1.82) is 0 Å². The second-order valence-electron chi connectivity index (χ2n) is 4.94. The van der Waals surface area contributed by atoms with Gasteiger partial charge >= 0.3 is 0 Å². The minimum Gasteiger partial charge on any atom is -0.465 e. The van der Waals surface area contributed by atoms with Crippen molar-refractivity contribution in [3.8, 4) is 0 Å². The second-order valence-corrected chi connectivity index (χ2v) is 6.18. The number of amidine groups is 1. The summed E-state index contributed by atoms with van der Waals surface area (Å²) in [5.74, 6) is 0.751. The maximum Gasteiger partial charge on any atom is 0.240 e. The van der Waals surface area contributed by atoms with Crippen molar-refractivity contribution >= 4 is 28.9 Å². The lowest BCUT2D eigenvalue weighted by molar-refractivity contribution is -0.120. The Morgan fingerprint density at radius 2 is 2.41 bits per heavy atom. The largest absolute Gasteiger partial charge is 0.465 e. The molecular weight excluding hydrogens is 298 g/mol. The van der Waals surface area contributed by atoms with Crippen molar-refractivity contribution in [3.63, 3.8) is 0 Å². The summed E-state index contributed by atoms with van der Waals surface area (Å²) in [6, 6.07) is 3.72. The van der Waals surface area contributed by atoms with E-state index >= 15 is 0 Å². The molecule has 118 valence electrons. The number of furan rings is 1. The lowest BCUT2D eigenvalue weighted by Gasteiger charge is -2.22. The zero-order valence-corrected chi connectivity index (χ0v) is 13.7. The van der Waals surface area contributed by atoms with Gasteiger partial charge in [-0.15, -0.1) is 0 Å². The van der Waals surface area contributed by atoms with Crippen LogP contribution in [0.4, 0.5) is 0 Å². The van der Waals surface area contributed by atoms with Crippen LogP contribution in [0.15, 0.2) is 44.9 Å². The average molecular weight is 319 g/mol. The third-order valence-electron chi connectivity index (χ3n) is 3.11. The van der Waals surface area contributed by atoms with E-state index in [-0.39, 0.29) is 5.91 Å². The molecule has 1 aromatic rings. The summed E-state index contributed by atoms with van der Waals surface area (Å²) in [6.45, 7) is 4.11. The summed E-state index contributed by atoms with van der Waals surface area (Å²) in [5, 5.41) is 3.46. The molecule has 2 rings (SSSR count). The number of hydrogen-bond donors (Lipinski definition) is 1. The predicted molar refractivity (Wildman–Crippen MR) is 91.6 cm³/mol. The number of carbonyl (C=O) groups excluding carboxylic acids is 1. The molecular formula is C16H21N3O2S. The summed E-state index contributed by atoms with van der Waals surface area (Å²) in [4.78, 5) is 19.3. The minimum absolute atomic E-state index is 0.0331. The minimum atomic E-state index is -0.0331. The zero-order valence-electron chi connectivity index (χ0n) is 12.9. The number of aliphatic imine (C=N–C) groups is 1. The van der Waals surface area contributed by atoms with Gasteiger partial charge < -0.3 is 9.73 Å². The average Bonchev–Trinajstić information content (AvgIpc) is 3.00. The Kier molecular flexibility index (Phi) is 6.48. The first-order valence-corrected chi connectivity index (χ1v) is 8.02. The Morgan fingerprint density at radius 1 is 1.55 bits per heavy atom. The van der Waals surface area contributed by atoms with E-state index in [0.717, 1.165) is 30.2 Å². The molecule has 2 heterocycles. The van der Waals surface area contributed by atoms with E-state index in [4.69, 9.17) is 4.42 Å². The molecule has 0 spiro atoms. The van der Waals surface area contributed by atoms with E-state index in [1.54, 1.807) is 13.3 Å². The van der Waals surface area contributed by atoms with Crippen LogP contribution in [0.3, 0.4) is 0 Å². The van der Waals surface area contributed by atoms with E-state index in [1.165, 1.54) is 11.8 Å². The SMILES string of the molecule is CN=C(NC(=O)CN1CC=CCC1)S/C(C)=C/c1ccco1. The molecule has 0 atom stereocenters. The topological polar surface area (TPSA) is 57.8 Å². The number of amides is 1. The fraction of sp³-hybridized carbons (Fsp3) is 0.375. The highest BCUT2D eigenvalue weighted by atomic mass is 32.2. The van der Waals surface area contributed by atoms with Crippen molar-refractivity contribution < 1.29 is 9.21 Å². The van der Waals surface area contributed by atoms with Gasteiger partial charge in [0.15, 0.2) is 5.17 Å². The van der Waals surface area contributed by atoms with Crippen molar-refractivity contribution in [3.05, 3.63) is 41.2 Å². The van der Waals surface area contributed by atoms with Crippen LogP contribution < -0.4 is 5.32 Å². The summed E-state index contributed by atoms with van der Waals surface area (Å²) in [5.41, 5.74) is 0. The molecule has 1 aliphatic heterocycles. The summed E-state index contributed by atoms with van der Waals surface area (Å²) in [7, 11) is 1.67. The number of hydrogen-bond acceptors (Lipinski definition) is 5. The third kappa shape index (κ3) is 5.54. The highest BCUT2D eigenvalue weighted by molar-refractivity contribution is 8.17. The van der Waals surface area contributed by atoms with E-state index in [1.807, 2.05) is 25.1 Å². The van der Waals surface area contributed by atoms with Crippen LogP contribution >= 0.6 is 11.8 Å². The Morgan fingerprint density at radius 3 is 3.05 bits per heavy atom. The number of rotatable bonds is 4. The number of allylic oxidation sites excluding steroid dienone is 1. The van der Waals surface area contributed by atoms with Crippen LogP contribution in [0.5, 0.6) is 0 Å². The lowest BCUT2D eigenvalue weighted by atomic mass is 10.2. The highest BCUT2D eigenvalue weighted by Crippen LogP contribution is 2.19. The Labute approximate surface area is 135 Å². The zero-order chi connectivity index (χ0) is 15.8. The number of nitrogens with one attached hydrogen (secondary N) is 1. The number of thioether (sulfide) groups is 1. The molecule has 1 aliphatic rings. The van der Waals surface area contributed by atoms with Crippen molar-refractivity contribution in [2.45, 2.75) is 13.3 Å². The van der Waals surface area contributed by atoms with Gasteiger partial charge in [-0.25, -0.2) is 0 Å². The van der Waals surface area contributed by atoms with Gasteiger partial charge in [-0.1, -0.05) is 23.9 Å². The van der Waals surface area contributed by atoms with E-state index in [9.17, 15) is 4.79 Å². The fourth-order valence-electron chi connectivity index (χ4n) is 2.08. The Bertz CT molecular complexity index is 576. The maximum atomic E-state index is 12.1. The highest BCUT2D eigenvalue weighted by Gasteiger charge is 2.13. The molecule has 0 bridgehead atoms. The summed E-state index contributed by atoms with van der Waals surface area (Å²) in [6.07, 6.45) is 8.79. The van der Waals surface area contributed by atoms with Crippen LogP contribution in [-0.4, -0.2) is 42.7 Å². The van der Waals surface area contributed by atoms with Gasteiger partial charge in [0.25, 0.3) is 0 Å². The first kappa shape index (κ1) is 16.6. The maximum absolute atomic E-state index is 12.1. The molecule has 1 N–H and O–H groups in total. The molecule has 22 heavy (non-hydrogen) atoms. The molecule has 0 saturated heterocycles. The molecule has 0 aromatic carbocycles. The molecule has 1 aromatic heterocycles. The van der Waals surface area contributed by atoms with Gasteiger partial charge in [-0.2, -0.15) is 0 Å². The molecule has 6 heteroatoms. The van der Waals surface area contributed by atoms with E-state index in [2.05, 4.69) is 27.4 Å². The van der Waals surface area contributed by atoms with Gasteiger partial charge in [0.2, 0.25) is 5.91 Å². The van der Waals surface area contributed by atoms with Gasteiger partial charge in [0.1, 0.15) is 5.76 Å². The number of nitrogens with zero attached hydrogens (tertiary/aromatic N) is 2. The predicted octanol–water partition coefficient (Wildman–Crippen LogP) is 2.74. The smallest absolute Gasteiger partial charge is 0.240 e. The van der Waals surface area contributed by atoms with Gasteiger partial charge in [0, 0.05) is 20.1 Å². The van der Waals surface area contributed by atoms with E-state index < -0.39 is 0 Å². The van der Waals surface area contributed by atoms with Crippen LogP contribution in [0.1, 0.15) is 19.1 Å². The molecule has 5 nitrogen and oxygen atoms in total. The summed E-state index contributed by atoms with van der Waals surface area (Å²) >= 11 is 1.42. The van der Waals surface area contributed by atoms with Crippen molar-refractivity contribution in [2.24, 2.45) is 4.99 Å². The summed E-state index contributed by atoms with van der Waals surface area (Å²) < 4.78 is 5.27. The van der Waals surface area contributed by atoms with Gasteiger partial charge in [0.05, 0.1) is 12.8 Å². The monoisotopic (exact) mass is 319 g/mol. The van der Waals surface area contributed by atoms with Gasteiger partial charge in [-0.3, -0.25) is 14.7 Å². The molecule has 0 saturated carbocycles. The quantitative estimate of drug-likeness (QED) is 0.527. The standard InChI is InChI=1S/C16H21N3O2S/c1-13(11-14-7-6-10-21-14)22-16(17-2)18-15(20)12-19-8-4-3-5-9-19/h3-4,6-7,10-11H,5,8-9,12H2,1-2H3,(H,17,18,20)/b13-11+. The normalized spacial score (nSPS) is 16.8. The molecule has 0 unspecified atom stereocenters. The van der Waals surface area contributed by atoms with Crippen molar-refractivity contribution in [1.82, 2.24) is 10.2 Å². The van der Waals surface area contributed by atoms with Crippen LogP contribution in [-0.2, 0) is 4.79 Å². The first-order valence-electron chi connectivity index (χ1n) is 7.21. The fourth-order valence-corrected chi connectivity index (χ4v) is 2.81. The lowest BCUT2D eigenvalue weighted by Crippen LogP contribution is -2.40.